The number of anilines is 1. The van der Waals surface area contributed by atoms with Crippen LogP contribution in [0, 0.1) is 0 Å². The van der Waals surface area contributed by atoms with Crippen LogP contribution in [0.2, 0.25) is 0 Å². The lowest BCUT2D eigenvalue weighted by molar-refractivity contribution is -0.115. The quantitative estimate of drug-likeness (QED) is 0.803. The second-order valence-corrected chi connectivity index (χ2v) is 6.71. The summed E-state index contributed by atoms with van der Waals surface area (Å²) in [6.45, 7) is 0. The standard InChI is InChI=1S/C20H27N3O4/c1-25-16-11-14(12-17(26-2)20(16)27-3)13-19(24)22-18-9-10-21-23(18)15-7-5-4-6-8-15/h9-12,15H,4-8,13H2,1-3H3,(H,22,24). The van der Waals surface area contributed by atoms with Crippen LogP contribution in [-0.2, 0) is 11.2 Å². The lowest BCUT2D eigenvalue weighted by Gasteiger charge is -2.24. The molecule has 2 aromatic rings. The summed E-state index contributed by atoms with van der Waals surface area (Å²) in [6.07, 6.45) is 7.86. The van der Waals surface area contributed by atoms with E-state index in [0.717, 1.165) is 24.2 Å². The molecule has 7 heteroatoms. The first kappa shape index (κ1) is 19.1. The molecule has 3 rings (SSSR count). The number of hydrogen-bond donors (Lipinski definition) is 1. The molecule has 0 radical (unpaired) electrons. The zero-order valence-corrected chi connectivity index (χ0v) is 16.2. The number of nitrogens with one attached hydrogen (secondary N) is 1. The SMILES string of the molecule is COc1cc(CC(=O)Nc2ccnn2C2CCCCC2)cc(OC)c1OC. The van der Waals surface area contributed by atoms with Gasteiger partial charge in [-0.25, -0.2) is 4.68 Å². The van der Waals surface area contributed by atoms with E-state index in [1.165, 1.54) is 19.3 Å². The molecule has 1 aliphatic rings. The summed E-state index contributed by atoms with van der Waals surface area (Å²) in [5.41, 5.74) is 0.783. The molecule has 1 aromatic carbocycles. The highest BCUT2D eigenvalue weighted by Crippen LogP contribution is 2.38. The molecule has 0 atom stereocenters. The van der Waals surface area contributed by atoms with E-state index in [2.05, 4.69) is 10.4 Å². The normalized spacial score (nSPS) is 14.6. The van der Waals surface area contributed by atoms with Gasteiger partial charge in [0, 0.05) is 6.07 Å². The number of nitrogens with zero attached hydrogens (tertiary/aromatic N) is 2. The summed E-state index contributed by atoms with van der Waals surface area (Å²) < 4.78 is 18.0. The van der Waals surface area contributed by atoms with E-state index < -0.39 is 0 Å². The van der Waals surface area contributed by atoms with E-state index in [-0.39, 0.29) is 12.3 Å². The number of methoxy groups -OCH3 is 3. The smallest absolute Gasteiger partial charge is 0.229 e. The number of carbonyl (C=O) groups excluding carboxylic acids is 1. The minimum atomic E-state index is -0.109. The number of aromatic nitrogens is 2. The average Bonchev–Trinajstić information content (AvgIpc) is 3.15. The topological polar surface area (TPSA) is 74.6 Å². The van der Waals surface area contributed by atoms with Crippen molar-refractivity contribution >= 4 is 11.7 Å². The lowest BCUT2D eigenvalue weighted by Crippen LogP contribution is -2.21. The highest BCUT2D eigenvalue weighted by Gasteiger charge is 2.20. The number of hydrogen-bond acceptors (Lipinski definition) is 5. The molecule has 27 heavy (non-hydrogen) atoms. The molecule has 1 N–H and O–H groups in total. The Morgan fingerprint density at radius 2 is 1.78 bits per heavy atom. The zero-order valence-electron chi connectivity index (χ0n) is 16.2. The summed E-state index contributed by atoms with van der Waals surface area (Å²) in [5.74, 6) is 2.22. The van der Waals surface area contributed by atoms with Gasteiger partial charge in [-0.15, -0.1) is 0 Å². The second kappa shape index (κ2) is 8.79. The minimum absolute atomic E-state index is 0.109. The second-order valence-electron chi connectivity index (χ2n) is 6.71. The van der Waals surface area contributed by atoms with Crippen molar-refractivity contribution in [1.82, 2.24) is 9.78 Å². The van der Waals surface area contributed by atoms with Gasteiger partial charge in [-0.2, -0.15) is 5.10 Å². The van der Waals surface area contributed by atoms with Crippen LogP contribution in [0.1, 0.15) is 43.7 Å². The number of benzene rings is 1. The number of amides is 1. The summed E-state index contributed by atoms with van der Waals surface area (Å²) in [4.78, 5) is 12.6. The molecule has 146 valence electrons. The Morgan fingerprint density at radius 3 is 2.37 bits per heavy atom. The van der Waals surface area contributed by atoms with Gasteiger partial charge < -0.3 is 19.5 Å². The number of ether oxygens (including phenoxy) is 3. The monoisotopic (exact) mass is 373 g/mol. The molecule has 0 bridgehead atoms. The Labute approximate surface area is 159 Å². The fourth-order valence-electron chi connectivity index (χ4n) is 3.64. The van der Waals surface area contributed by atoms with Gasteiger partial charge in [0.15, 0.2) is 11.5 Å². The van der Waals surface area contributed by atoms with Gasteiger partial charge in [0.25, 0.3) is 0 Å². The van der Waals surface area contributed by atoms with E-state index >= 15 is 0 Å². The van der Waals surface area contributed by atoms with Gasteiger partial charge in [0.2, 0.25) is 11.7 Å². The van der Waals surface area contributed by atoms with E-state index in [4.69, 9.17) is 14.2 Å². The average molecular weight is 373 g/mol. The third kappa shape index (κ3) is 4.35. The van der Waals surface area contributed by atoms with Crippen molar-refractivity contribution in [2.24, 2.45) is 0 Å². The van der Waals surface area contributed by atoms with Gasteiger partial charge >= 0.3 is 0 Å². The lowest BCUT2D eigenvalue weighted by atomic mass is 9.96. The fourth-order valence-corrected chi connectivity index (χ4v) is 3.64. The maximum atomic E-state index is 12.6. The van der Waals surface area contributed by atoms with Gasteiger partial charge in [-0.05, 0) is 30.5 Å². The van der Waals surface area contributed by atoms with Crippen molar-refractivity contribution in [3.63, 3.8) is 0 Å². The third-order valence-electron chi connectivity index (χ3n) is 4.95. The Kier molecular flexibility index (Phi) is 6.21. The van der Waals surface area contributed by atoms with Crippen LogP contribution in [0.15, 0.2) is 24.4 Å². The molecule has 1 fully saturated rings. The number of rotatable bonds is 7. The zero-order chi connectivity index (χ0) is 19.2. The van der Waals surface area contributed by atoms with Gasteiger partial charge in [-0.3, -0.25) is 4.79 Å². The van der Waals surface area contributed by atoms with E-state index in [1.54, 1.807) is 39.7 Å². The maximum absolute atomic E-state index is 12.6. The summed E-state index contributed by atoms with van der Waals surface area (Å²) in [5, 5.41) is 7.41. The molecule has 1 saturated carbocycles. The Bertz CT molecular complexity index is 756. The molecule has 0 unspecified atom stereocenters. The van der Waals surface area contributed by atoms with Crippen molar-refractivity contribution in [2.45, 2.75) is 44.6 Å². The third-order valence-corrected chi connectivity index (χ3v) is 4.95. The molecular weight excluding hydrogens is 346 g/mol. The van der Waals surface area contributed by atoms with E-state index in [1.807, 2.05) is 10.7 Å². The fraction of sp³-hybridized carbons (Fsp3) is 0.500. The summed E-state index contributed by atoms with van der Waals surface area (Å²) in [6, 6.07) is 5.80. The minimum Gasteiger partial charge on any atom is -0.493 e. The maximum Gasteiger partial charge on any atom is 0.229 e. The molecule has 0 saturated heterocycles. The van der Waals surface area contributed by atoms with Gasteiger partial charge in [0.1, 0.15) is 5.82 Å². The highest BCUT2D eigenvalue weighted by molar-refractivity contribution is 5.91. The van der Waals surface area contributed by atoms with Crippen LogP contribution >= 0.6 is 0 Å². The predicted octanol–water partition coefficient (Wildman–Crippen LogP) is 3.60. The van der Waals surface area contributed by atoms with E-state index in [9.17, 15) is 4.79 Å². The Hall–Kier alpha value is -2.70. The van der Waals surface area contributed by atoms with Crippen molar-refractivity contribution in [1.29, 1.82) is 0 Å². The first-order valence-electron chi connectivity index (χ1n) is 9.28. The first-order chi connectivity index (χ1) is 13.2. The van der Waals surface area contributed by atoms with Crippen molar-refractivity contribution in [3.8, 4) is 17.2 Å². The van der Waals surface area contributed by atoms with Crippen LogP contribution < -0.4 is 19.5 Å². The van der Waals surface area contributed by atoms with Gasteiger partial charge in [0.05, 0.1) is 40.0 Å². The molecule has 1 amide bonds. The highest BCUT2D eigenvalue weighted by atomic mass is 16.5. The predicted molar refractivity (Wildman–Crippen MR) is 103 cm³/mol. The first-order valence-corrected chi connectivity index (χ1v) is 9.28. The number of carbonyl (C=O) groups is 1. The van der Waals surface area contributed by atoms with Crippen LogP contribution in [0.4, 0.5) is 5.82 Å². The van der Waals surface area contributed by atoms with Crippen molar-refractivity contribution < 1.29 is 19.0 Å². The van der Waals surface area contributed by atoms with Crippen LogP contribution in [0.3, 0.4) is 0 Å². The van der Waals surface area contributed by atoms with Crippen LogP contribution in [0.5, 0.6) is 17.2 Å². The van der Waals surface area contributed by atoms with Crippen molar-refractivity contribution in [3.05, 3.63) is 30.0 Å². The van der Waals surface area contributed by atoms with E-state index in [0.29, 0.717) is 23.3 Å². The molecular formula is C20H27N3O4. The summed E-state index contributed by atoms with van der Waals surface area (Å²) >= 11 is 0. The van der Waals surface area contributed by atoms with Crippen LogP contribution in [0.25, 0.3) is 0 Å². The molecule has 1 aliphatic carbocycles. The summed E-state index contributed by atoms with van der Waals surface area (Å²) in [7, 11) is 4.67. The molecule has 1 heterocycles. The Morgan fingerprint density at radius 1 is 1.11 bits per heavy atom. The largest absolute Gasteiger partial charge is 0.493 e. The van der Waals surface area contributed by atoms with Crippen LogP contribution in [-0.4, -0.2) is 37.0 Å². The molecule has 1 aromatic heterocycles. The van der Waals surface area contributed by atoms with Gasteiger partial charge in [-0.1, -0.05) is 19.3 Å². The molecule has 0 aliphatic heterocycles. The Balaban J connectivity index is 1.72. The van der Waals surface area contributed by atoms with Crippen molar-refractivity contribution in [2.75, 3.05) is 26.6 Å². The molecule has 7 nitrogen and oxygen atoms in total. The molecule has 0 spiro atoms.